The first-order chi connectivity index (χ1) is 3.46. The van der Waals surface area contributed by atoms with E-state index in [0.29, 0.717) is 0 Å². The summed E-state index contributed by atoms with van der Waals surface area (Å²) in [4.78, 5) is 0. The summed E-state index contributed by atoms with van der Waals surface area (Å²) in [5, 5.41) is 0. The second-order valence-corrected chi connectivity index (χ2v) is 2.91. The van der Waals surface area contributed by atoms with Crippen LogP contribution in [-0.4, -0.2) is 8.64 Å². The van der Waals surface area contributed by atoms with Crippen molar-refractivity contribution in [3.05, 3.63) is 0 Å². The van der Waals surface area contributed by atoms with Crippen molar-refractivity contribution in [3.63, 3.8) is 0 Å². The van der Waals surface area contributed by atoms with Gasteiger partial charge in [0.25, 0.3) is 0 Å². The van der Waals surface area contributed by atoms with Crippen LogP contribution in [0.4, 0.5) is 0 Å². The van der Waals surface area contributed by atoms with Crippen LogP contribution in [-0.2, 0) is 42.0 Å². The molecule has 1 radical (unpaired) electrons. The zero-order valence-corrected chi connectivity index (χ0v) is 8.43. The predicted molar refractivity (Wildman–Crippen MR) is 48.3 cm³/mol. The molecule has 9 heavy (non-hydrogen) atoms. The summed E-state index contributed by atoms with van der Waals surface area (Å²) in [7, 11) is 0. The summed E-state index contributed by atoms with van der Waals surface area (Å²) in [5.41, 5.74) is 9.31. The first-order valence-corrected chi connectivity index (χ1v) is 3.03. The second-order valence-electron chi connectivity index (χ2n) is 0.638. The molecule has 0 saturated heterocycles. The van der Waals surface area contributed by atoms with Crippen LogP contribution >= 0.6 is 24.4 Å². The third-order valence-electron chi connectivity index (χ3n) is 0. The minimum Gasteiger partial charge on any atom is -0.415 e. The summed E-state index contributed by atoms with van der Waals surface area (Å²) >= 11 is 16.5. The predicted octanol–water partition coefficient (Wildman–Crippen LogP) is -0.449. The fourth-order valence-electron chi connectivity index (χ4n) is 0. The largest absolute Gasteiger partial charge is 2.00 e. The van der Waals surface area contributed by atoms with Crippen molar-refractivity contribution in [2.45, 2.75) is 0 Å². The standard InChI is InChI=1S/2CH3NS2.Co/c2*2-1(3)4;/h2*(H3,2,3,4);/q;;+2/p-2. The Morgan fingerprint density at radius 2 is 1.00 bits per heavy atom. The average molecular weight is 243 g/mol. The van der Waals surface area contributed by atoms with Gasteiger partial charge in [-0.05, 0) is 0 Å². The van der Waals surface area contributed by atoms with Crippen molar-refractivity contribution in [1.29, 1.82) is 0 Å². The Morgan fingerprint density at radius 3 is 1.00 bits per heavy atom. The normalized spacial score (nSPS) is 5.33. The van der Waals surface area contributed by atoms with E-state index in [1.54, 1.807) is 0 Å². The summed E-state index contributed by atoms with van der Waals surface area (Å²) in [6.45, 7) is 0. The molecule has 0 aliphatic rings. The maximum Gasteiger partial charge on any atom is 2.00 e. The van der Waals surface area contributed by atoms with Crippen molar-refractivity contribution in [2.75, 3.05) is 0 Å². The third-order valence-corrected chi connectivity index (χ3v) is 0. The van der Waals surface area contributed by atoms with Crippen molar-refractivity contribution in [2.24, 2.45) is 11.5 Å². The smallest absolute Gasteiger partial charge is 0.415 e. The Bertz CT molecular complexity index is 74.6. The Balaban J connectivity index is -0.0000000720. The number of nitrogens with two attached hydrogens (primary N) is 2. The topological polar surface area (TPSA) is 52.0 Å². The summed E-state index contributed by atoms with van der Waals surface area (Å²) in [6.07, 6.45) is 0. The van der Waals surface area contributed by atoms with E-state index in [1.807, 2.05) is 0 Å². The molecule has 0 aliphatic carbocycles. The van der Waals surface area contributed by atoms with Gasteiger partial charge >= 0.3 is 16.8 Å². The molecule has 0 aliphatic heterocycles. The fraction of sp³-hybridized carbons (Fsp3) is 0. The van der Waals surface area contributed by atoms with Crippen molar-refractivity contribution in [3.8, 4) is 0 Å². The molecule has 0 bridgehead atoms. The first kappa shape index (κ1) is 16.4. The van der Waals surface area contributed by atoms with Gasteiger partial charge in [-0.15, -0.1) is 0 Å². The second kappa shape index (κ2) is 11.5. The molecule has 0 rings (SSSR count). The average Bonchev–Trinajstić information content (AvgIpc) is 1.25. The van der Waals surface area contributed by atoms with Gasteiger partial charge in [-0.25, -0.2) is 0 Å². The number of hydrogen-bond acceptors (Lipinski definition) is 4. The fourth-order valence-corrected chi connectivity index (χ4v) is 0. The minimum absolute atomic E-state index is 0. The number of rotatable bonds is 0. The number of hydrogen-bond donors (Lipinski definition) is 2. The van der Waals surface area contributed by atoms with Gasteiger partial charge in [0.05, 0.1) is 0 Å². The van der Waals surface area contributed by atoms with Gasteiger partial charge in [0.1, 0.15) is 0 Å². The molecule has 2 nitrogen and oxygen atoms in total. The van der Waals surface area contributed by atoms with E-state index in [9.17, 15) is 0 Å². The molecule has 0 saturated carbocycles. The van der Waals surface area contributed by atoms with Gasteiger partial charge < -0.3 is 61.2 Å². The van der Waals surface area contributed by atoms with Crippen LogP contribution in [0.3, 0.4) is 0 Å². The molecule has 0 unspecified atom stereocenters. The molecule has 0 amide bonds. The van der Waals surface area contributed by atoms with Gasteiger partial charge in [-0.3, -0.25) is 0 Å². The van der Waals surface area contributed by atoms with Gasteiger partial charge in [-0.2, -0.15) is 0 Å². The molecule has 0 fully saturated rings. The Kier molecular flexibility index (Phi) is 20.9. The summed E-state index contributed by atoms with van der Waals surface area (Å²) < 4.78 is 0.167. The van der Waals surface area contributed by atoms with E-state index >= 15 is 0 Å². The molecular formula is C2H4CoN2S4. The van der Waals surface area contributed by atoms with Crippen LogP contribution in [0, 0.1) is 0 Å². The van der Waals surface area contributed by atoms with Gasteiger partial charge in [0.2, 0.25) is 0 Å². The Morgan fingerprint density at radius 1 is 1.00 bits per heavy atom. The Hall–Kier alpha value is 0.726. The molecule has 0 spiro atoms. The van der Waals surface area contributed by atoms with Crippen molar-refractivity contribution in [1.82, 2.24) is 0 Å². The van der Waals surface area contributed by atoms with Crippen LogP contribution in [0.25, 0.3) is 0 Å². The molecule has 0 aromatic heterocycles. The maximum absolute atomic E-state index is 4.66. The van der Waals surface area contributed by atoms with Crippen LogP contribution in [0.5, 0.6) is 0 Å². The molecule has 0 aromatic carbocycles. The zero-order valence-electron chi connectivity index (χ0n) is 4.12. The summed E-state index contributed by atoms with van der Waals surface area (Å²) in [6, 6.07) is 0. The Labute approximate surface area is 86.1 Å². The zero-order chi connectivity index (χ0) is 7.15. The van der Waals surface area contributed by atoms with Crippen LogP contribution in [0.2, 0.25) is 0 Å². The van der Waals surface area contributed by atoms with E-state index in [2.05, 4.69) is 61.2 Å². The van der Waals surface area contributed by atoms with Crippen LogP contribution in [0.15, 0.2) is 0 Å². The van der Waals surface area contributed by atoms with Crippen LogP contribution < -0.4 is 11.5 Å². The number of thiocarbonyl (C=S) groups is 2. The molecular weight excluding hydrogens is 239 g/mol. The molecule has 0 aromatic rings. The third kappa shape index (κ3) is 748. The molecule has 7 heteroatoms. The van der Waals surface area contributed by atoms with E-state index < -0.39 is 0 Å². The van der Waals surface area contributed by atoms with Crippen LogP contribution in [0.1, 0.15) is 0 Å². The maximum atomic E-state index is 4.66. The molecule has 0 heterocycles. The monoisotopic (exact) mass is 243 g/mol. The minimum atomic E-state index is 0. The SMILES string of the molecule is NC(=S)[S-].NC(=S)[S-].[Co+2]. The van der Waals surface area contributed by atoms with E-state index in [-0.39, 0.29) is 25.4 Å². The van der Waals surface area contributed by atoms with Crippen molar-refractivity contribution >= 4 is 58.3 Å². The van der Waals surface area contributed by atoms with Gasteiger partial charge in [0, 0.05) is 0 Å². The van der Waals surface area contributed by atoms with Gasteiger partial charge in [0.15, 0.2) is 0 Å². The quantitative estimate of drug-likeness (QED) is 0.444. The van der Waals surface area contributed by atoms with E-state index in [4.69, 9.17) is 0 Å². The van der Waals surface area contributed by atoms with Crippen molar-refractivity contribution < 1.29 is 16.8 Å². The summed E-state index contributed by atoms with van der Waals surface area (Å²) in [5.74, 6) is 0. The van der Waals surface area contributed by atoms with Gasteiger partial charge in [-0.1, -0.05) is 8.64 Å². The van der Waals surface area contributed by atoms with E-state index in [1.165, 1.54) is 0 Å². The van der Waals surface area contributed by atoms with E-state index in [0.717, 1.165) is 0 Å². The molecule has 55 valence electrons. The molecule has 4 N–H and O–H groups in total. The molecule has 0 atom stereocenters. The first-order valence-electron chi connectivity index (χ1n) is 1.39.